The predicted molar refractivity (Wildman–Crippen MR) is 57.2 cm³/mol. The Labute approximate surface area is 93.8 Å². The lowest BCUT2D eigenvalue weighted by atomic mass is 9.59. The Balaban J connectivity index is 2.13. The normalized spacial score (nSPS) is 33.4. The van der Waals surface area contributed by atoms with E-state index in [4.69, 9.17) is 4.42 Å². The number of fused-ring (bicyclic) bond motifs is 2. The largest absolute Gasteiger partial charge is 0.461 e. The standard InChI is InChI=1S/C13H14O3/c1-13-5-2-3-10(14)9(13)7-8-4-6-16-11(8)12(13)15/h4,6,9H,2-3,5,7H2,1H3/t9-,13-/m1/s1. The molecule has 2 aliphatic rings. The van der Waals surface area contributed by atoms with Gasteiger partial charge in [-0.1, -0.05) is 6.92 Å². The third-order valence-electron chi connectivity index (χ3n) is 4.17. The van der Waals surface area contributed by atoms with Crippen LogP contribution in [-0.2, 0) is 11.2 Å². The van der Waals surface area contributed by atoms with Crippen LogP contribution in [0.3, 0.4) is 0 Å². The molecule has 0 N–H and O–H groups in total. The number of ketones is 2. The first kappa shape index (κ1) is 9.82. The molecule has 2 aliphatic carbocycles. The molecular formula is C13H14O3. The number of Topliss-reactive ketones (excluding diaryl/α,β-unsaturated/α-hetero) is 2. The fourth-order valence-electron chi connectivity index (χ4n) is 3.12. The number of furan rings is 1. The zero-order valence-corrected chi connectivity index (χ0v) is 9.29. The molecule has 1 fully saturated rings. The van der Waals surface area contributed by atoms with Crippen molar-refractivity contribution in [3.05, 3.63) is 23.7 Å². The second-order valence-corrected chi connectivity index (χ2v) is 5.10. The van der Waals surface area contributed by atoms with Gasteiger partial charge in [-0.3, -0.25) is 9.59 Å². The van der Waals surface area contributed by atoms with Gasteiger partial charge in [-0.15, -0.1) is 0 Å². The molecule has 1 heterocycles. The highest BCUT2D eigenvalue weighted by Crippen LogP contribution is 2.47. The highest BCUT2D eigenvalue weighted by Gasteiger charge is 2.51. The van der Waals surface area contributed by atoms with Crippen LogP contribution < -0.4 is 0 Å². The summed E-state index contributed by atoms with van der Waals surface area (Å²) in [6, 6.07) is 1.81. The van der Waals surface area contributed by atoms with Crippen LogP contribution in [-0.4, -0.2) is 11.6 Å². The van der Waals surface area contributed by atoms with Crippen molar-refractivity contribution in [3.8, 4) is 0 Å². The smallest absolute Gasteiger partial charge is 0.204 e. The quantitative estimate of drug-likeness (QED) is 0.671. The van der Waals surface area contributed by atoms with Crippen molar-refractivity contribution in [2.45, 2.75) is 32.6 Å². The Morgan fingerprint density at radius 2 is 2.25 bits per heavy atom. The second-order valence-electron chi connectivity index (χ2n) is 5.10. The average Bonchev–Trinajstić information content (AvgIpc) is 2.70. The van der Waals surface area contributed by atoms with Crippen LogP contribution in [0.5, 0.6) is 0 Å². The van der Waals surface area contributed by atoms with Gasteiger partial charge in [0.25, 0.3) is 0 Å². The van der Waals surface area contributed by atoms with Gasteiger partial charge in [0.1, 0.15) is 5.78 Å². The van der Waals surface area contributed by atoms with Crippen molar-refractivity contribution in [2.75, 3.05) is 0 Å². The third-order valence-corrected chi connectivity index (χ3v) is 4.17. The monoisotopic (exact) mass is 218 g/mol. The zero-order valence-electron chi connectivity index (χ0n) is 9.29. The van der Waals surface area contributed by atoms with Crippen LogP contribution in [0.15, 0.2) is 16.7 Å². The van der Waals surface area contributed by atoms with E-state index < -0.39 is 5.41 Å². The first-order chi connectivity index (χ1) is 7.63. The maximum Gasteiger partial charge on any atom is 0.204 e. The Morgan fingerprint density at radius 3 is 3.06 bits per heavy atom. The molecule has 84 valence electrons. The van der Waals surface area contributed by atoms with Crippen molar-refractivity contribution >= 4 is 11.6 Å². The topological polar surface area (TPSA) is 47.3 Å². The fraction of sp³-hybridized carbons (Fsp3) is 0.538. The van der Waals surface area contributed by atoms with Crippen molar-refractivity contribution in [3.63, 3.8) is 0 Å². The second kappa shape index (κ2) is 3.06. The summed E-state index contributed by atoms with van der Waals surface area (Å²) in [5.74, 6) is 0.623. The van der Waals surface area contributed by atoms with Crippen LogP contribution in [0.2, 0.25) is 0 Å². The summed E-state index contributed by atoms with van der Waals surface area (Å²) in [4.78, 5) is 24.3. The Kier molecular flexibility index (Phi) is 1.88. The summed E-state index contributed by atoms with van der Waals surface area (Å²) in [5, 5.41) is 0. The minimum atomic E-state index is -0.514. The molecule has 3 rings (SSSR count). The minimum Gasteiger partial charge on any atom is -0.461 e. The van der Waals surface area contributed by atoms with E-state index in [9.17, 15) is 9.59 Å². The molecule has 3 heteroatoms. The molecule has 0 aliphatic heterocycles. The van der Waals surface area contributed by atoms with Gasteiger partial charge in [-0.25, -0.2) is 0 Å². The van der Waals surface area contributed by atoms with Gasteiger partial charge in [-0.2, -0.15) is 0 Å². The van der Waals surface area contributed by atoms with Crippen molar-refractivity contribution in [1.29, 1.82) is 0 Å². The third kappa shape index (κ3) is 1.09. The van der Waals surface area contributed by atoms with Crippen LogP contribution in [0.1, 0.15) is 42.3 Å². The van der Waals surface area contributed by atoms with Crippen molar-refractivity contribution < 1.29 is 14.0 Å². The Bertz CT molecular complexity index is 471. The van der Waals surface area contributed by atoms with Gasteiger partial charge in [0.05, 0.1) is 6.26 Å². The summed E-state index contributed by atoms with van der Waals surface area (Å²) < 4.78 is 5.26. The van der Waals surface area contributed by atoms with E-state index in [0.29, 0.717) is 18.6 Å². The summed E-state index contributed by atoms with van der Waals surface area (Å²) in [6.07, 6.45) is 4.48. The summed E-state index contributed by atoms with van der Waals surface area (Å²) in [5.41, 5.74) is 0.392. The molecule has 2 atom stereocenters. The van der Waals surface area contributed by atoms with Gasteiger partial charge in [0.15, 0.2) is 5.76 Å². The van der Waals surface area contributed by atoms with E-state index in [1.807, 2.05) is 13.0 Å². The van der Waals surface area contributed by atoms with E-state index in [0.717, 1.165) is 18.4 Å². The number of hydrogen-bond donors (Lipinski definition) is 0. The molecule has 0 amide bonds. The molecule has 1 aromatic heterocycles. The van der Waals surface area contributed by atoms with Crippen LogP contribution in [0, 0.1) is 11.3 Å². The molecular weight excluding hydrogens is 204 g/mol. The Morgan fingerprint density at radius 1 is 1.44 bits per heavy atom. The molecule has 0 aromatic carbocycles. The Hall–Kier alpha value is -1.38. The fourth-order valence-corrected chi connectivity index (χ4v) is 3.12. The number of hydrogen-bond acceptors (Lipinski definition) is 3. The lowest BCUT2D eigenvalue weighted by Crippen LogP contribution is -2.47. The zero-order chi connectivity index (χ0) is 11.3. The van der Waals surface area contributed by atoms with Gasteiger partial charge >= 0.3 is 0 Å². The van der Waals surface area contributed by atoms with Crippen molar-refractivity contribution in [2.24, 2.45) is 11.3 Å². The van der Waals surface area contributed by atoms with Crippen LogP contribution in [0.4, 0.5) is 0 Å². The van der Waals surface area contributed by atoms with Gasteiger partial charge in [-0.05, 0) is 25.3 Å². The summed E-state index contributed by atoms with van der Waals surface area (Å²) in [7, 11) is 0. The molecule has 1 aromatic rings. The molecule has 0 spiro atoms. The van der Waals surface area contributed by atoms with E-state index in [2.05, 4.69) is 0 Å². The number of rotatable bonds is 0. The number of carbonyl (C=O) groups excluding carboxylic acids is 2. The maximum atomic E-state index is 12.3. The number of carbonyl (C=O) groups is 2. The molecule has 0 saturated heterocycles. The van der Waals surface area contributed by atoms with E-state index >= 15 is 0 Å². The van der Waals surface area contributed by atoms with E-state index in [1.165, 1.54) is 0 Å². The summed E-state index contributed by atoms with van der Waals surface area (Å²) >= 11 is 0. The highest BCUT2D eigenvalue weighted by molar-refractivity contribution is 6.04. The first-order valence-corrected chi connectivity index (χ1v) is 5.77. The van der Waals surface area contributed by atoms with Crippen molar-refractivity contribution in [1.82, 2.24) is 0 Å². The highest BCUT2D eigenvalue weighted by atomic mass is 16.3. The van der Waals surface area contributed by atoms with Crippen LogP contribution >= 0.6 is 0 Å². The van der Waals surface area contributed by atoms with Crippen LogP contribution in [0.25, 0.3) is 0 Å². The van der Waals surface area contributed by atoms with Gasteiger partial charge in [0, 0.05) is 23.3 Å². The molecule has 16 heavy (non-hydrogen) atoms. The lowest BCUT2D eigenvalue weighted by molar-refractivity contribution is -0.128. The SMILES string of the molecule is C[C@@]12CCCC(=O)[C@H]1Cc1ccoc1C2=O. The molecule has 0 radical (unpaired) electrons. The van der Waals surface area contributed by atoms with Gasteiger partial charge < -0.3 is 4.42 Å². The van der Waals surface area contributed by atoms with E-state index in [-0.39, 0.29) is 17.5 Å². The predicted octanol–water partition coefficient (Wildman–Crippen LogP) is 2.39. The van der Waals surface area contributed by atoms with Gasteiger partial charge in [0.2, 0.25) is 5.78 Å². The first-order valence-electron chi connectivity index (χ1n) is 5.77. The minimum absolute atomic E-state index is 0.0248. The average molecular weight is 218 g/mol. The molecule has 0 unspecified atom stereocenters. The van der Waals surface area contributed by atoms with E-state index in [1.54, 1.807) is 6.26 Å². The molecule has 3 nitrogen and oxygen atoms in total. The summed E-state index contributed by atoms with van der Waals surface area (Å²) in [6.45, 7) is 1.92. The maximum absolute atomic E-state index is 12.3. The lowest BCUT2D eigenvalue weighted by Gasteiger charge is -2.41. The molecule has 1 saturated carbocycles. The molecule has 0 bridgehead atoms.